The first-order chi connectivity index (χ1) is 36.7. The molecule has 12 aromatic rings. The molecular formula is C71H49N3. The maximum Gasteiger partial charge on any atom is 0.138 e. The third-order valence-corrected chi connectivity index (χ3v) is 15.1. The van der Waals surface area contributed by atoms with Crippen molar-refractivity contribution in [3.8, 4) is 72.7 Å². The fourth-order valence-electron chi connectivity index (χ4n) is 11.4. The molecule has 0 saturated heterocycles. The van der Waals surface area contributed by atoms with E-state index >= 15 is 0 Å². The molecule has 3 heteroatoms. The first-order valence-electron chi connectivity index (χ1n) is 25.6. The molecular weight excluding hydrogens is 895 g/mol. The first-order valence-corrected chi connectivity index (χ1v) is 25.6. The number of para-hydroxylation sites is 1. The van der Waals surface area contributed by atoms with Crippen molar-refractivity contribution in [2.75, 3.05) is 4.90 Å². The van der Waals surface area contributed by atoms with E-state index in [1.165, 1.54) is 83.4 Å². The van der Waals surface area contributed by atoms with Gasteiger partial charge in [-0.05, 0) is 133 Å². The molecule has 0 fully saturated rings. The lowest BCUT2D eigenvalue weighted by molar-refractivity contribution is 0.747. The van der Waals surface area contributed by atoms with Crippen LogP contribution >= 0.6 is 0 Å². The van der Waals surface area contributed by atoms with Gasteiger partial charge in [-0.15, -0.1) is 0 Å². The van der Waals surface area contributed by atoms with E-state index in [0.29, 0.717) is 0 Å². The number of hydrogen-bond donors (Lipinski definition) is 0. The van der Waals surface area contributed by atoms with Gasteiger partial charge in [-0.1, -0.05) is 224 Å². The van der Waals surface area contributed by atoms with Gasteiger partial charge < -0.3 is 4.90 Å². The van der Waals surface area contributed by atoms with Crippen LogP contribution in [-0.2, 0) is 0 Å². The Bertz CT molecular complexity index is 3980. The van der Waals surface area contributed by atoms with Gasteiger partial charge in [-0.3, -0.25) is 4.57 Å². The van der Waals surface area contributed by atoms with Crippen molar-refractivity contribution in [2.45, 2.75) is 12.0 Å². The molecule has 2 aliphatic rings. The summed E-state index contributed by atoms with van der Waals surface area (Å²) in [5, 5.41) is 2.37. The number of anilines is 2. The van der Waals surface area contributed by atoms with Crippen LogP contribution in [0.1, 0.15) is 17.0 Å². The van der Waals surface area contributed by atoms with Gasteiger partial charge in [-0.2, -0.15) is 0 Å². The minimum absolute atomic E-state index is 0.151. The van der Waals surface area contributed by atoms with E-state index in [1.54, 1.807) is 0 Å². The Morgan fingerprint density at radius 1 is 0.338 bits per heavy atom. The van der Waals surface area contributed by atoms with Crippen molar-refractivity contribution in [1.29, 1.82) is 0 Å². The van der Waals surface area contributed by atoms with Gasteiger partial charge in [0.25, 0.3) is 0 Å². The summed E-state index contributed by atoms with van der Waals surface area (Å²) in [6.07, 6.45) is 7.28. The molecule has 74 heavy (non-hydrogen) atoms. The highest BCUT2D eigenvalue weighted by Gasteiger charge is 2.38. The van der Waals surface area contributed by atoms with Crippen molar-refractivity contribution in [3.05, 3.63) is 296 Å². The van der Waals surface area contributed by atoms with Crippen molar-refractivity contribution in [3.63, 3.8) is 0 Å². The van der Waals surface area contributed by atoms with Crippen LogP contribution in [0.3, 0.4) is 0 Å². The second-order valence-corrected chi connectivity index (χ2v) is 19.5. The number of hydrogen-bond acceptors (Lipinski definition) is 2. The zero-order valence-corrected chi connectivity index (χ0v) is 40.6. The second kappa shape index (κ2) is 18.2. The molecule has 1 aliphatic carbocycles. The standard InChI is InChI=1S/C71H49N3/c1-6-16-48(17-7-1)52-26-28-54(29-27-52)60-46-66(55-32-30-53(31-33-55)49-18-8-2-9-19-49)72-71(47-60)74-69-40-35-57(51-22-12-4-13-23-51)43-64(69)65-45-59(37-41-70(65)74)58-36-39-68-63(44-58)62-42-56(50-20-10-3-11-21-50)34-38-67(62)73(68)61-24-14-5-15-25-61/h1-47,63,68H. The van der Waals surface area contributed by atoms with E-state index in [2.05, 4.69) is 295 Å². The van der Waals surface area contributed by atoms with Gasteiger partial charge in [0.05, 0.1) is 22.8 Å². The zero-order valence-electron chi connectivity index (χ0n) is 40.6. The Kier molecular flexibility index (Phi) is 10.7. The maximum absolute atomic E-state index is 5.59. The molecule has 2 atom stereocenters. The highest BCUT2D eigenvalue weighted by atomic mass is 15.2. The lowest BCUT2D eigenvalue weighted by atomic mass is 9.85. The summed E-state index contributed by atoms with van der Waals surface area (Å²) in [7, 11) is 0. The minimum atomic E-state index is 0.151. The Hall–Kier alpha value is -9.57. The third-order valence-electron chi connectivity index (χ3n) is 15.1. The summed E-state index contributed by atoms with van der Waals surface area (Å²) >= 11 is 0. The summed E-state index contributed by atoms with van der Waals surface area (Å²) < 4.78 is 2.38. The molecule has 0 N–H and O–H groups in total. The molecule has 3 heterocycles. The first kappa shape index (κ1) is 43.2. The van der Waals surface area contributed by atoms with Crippen molar-refractivity contribution in [1.82, 2.24) is 9.55 Å². The summed E-state index contributed by atoms with van der Waals surface area (Å²) in [6, 6.07) is 96.9. The van der Waals surface area contributed by atoms with Gasteiger partial charge in [0.1, 0.15) is 5.82 Å². The van der Waals surface area contributed by atoms with Crippen LogP contribution in [0, 0.1) is 0 Å². The normalized spacial score (nSPS) is 14.8. The van der Waals surface area contributed by atoms with Gasteiger partial charge in [0, 0.05) is 33.6 Å². The van der Waals surface area contributed by atoms with Crippen molar-refractivity contribution < 1.29 is 0 Å². The van der Waals surface area contributed by atoms with Crippen molar-refractivity contribution >= 4 is 38.8 Å². The quantitative estimate of drug-likeness (QED) is 0.144. The number of fused-ring (bicyclic) bond motifs is 6. The molecule has 0 spiro atoms. The molecule has 10 aromatic carbocycles. The highest BCUT2D eigenvalue weighted by Crippen LogP contribution is 2.51. The molecule has 348 valence electrons. The predicted octanol–water partition coefficient (Wildman–Crippen LogP) is 18.4. The van der Waals surface area contributed by atoms with Crippen molar-refractivity contribution in [2.24, 2.45) is 0 Å². The SMILES string of the molecule is C1=CC2C(C=C1c1ccc3c(c1)c1cc(-c4ccccc4)ccc1n3-c1cc(-c3ccc(-c4ccccc4)cc3)cc(-c3ccc(-c4ccccc4)cc3)n1)c1cc(-c3ccccc3)ccc1N2c1ccccc1. The van der Waals surface area contributed by atoms with Crippen LogP contribution < -0.4 is 4.90 Å². The largest absolute Gasteiger partial charge is 0.333 e. The van der Waals surface area contributed by atoms with E-state index in [4.69, 9.17) is 4.98 Å². The van der Waals surface area contributed by atoms with Crippen LogP contribution in [-0.4, -0.2) is 15.6 Å². The molecule has 2 aromatic heterocycles. The minimum Gasteiger partial charge on any atom is -0.333 e. The van der Waals surface area contributed by atoms with Crippen LogP contribution in [0.2, 0.25) is 0 Å². The molecule has 0 radical (unpaired) electrons. The predicted molar refractivity (Wildman–Crippen MR) is 310 cm³/mol. The Morgan fingerprint density at radius 3 is 1.34 bits per heavy atom. The van der Waals surface area contributed by atoms with Crippen LogP contribution in [0.4, 0.5) is 11.4 Å². The van der Waals surface area contributed by atoms with Gasteiger partial charge >= 0.3 is 0 Å². The molecule has 14 rings (SSSR count). The molecule has 1 aliphatic heterocycles. The topological polar surface area (TPSA) is 21.1 Å². The van der Waals surface area contributed by atoms with E-state index in [-0.39, 0.29) is 12.0 Å². The molecule has 3 nitrogen and oxygen atoms in total. The lowest BCUT2D eigenvalue weighted by Crippen LogP contribution is -2.28. The summed E-state index contributed by atoms with van der Waals surface area (Å²) in [5.74, 6) is 1.03. The summed E-state index contributed by atoms with van der Waals surface area (Å²) in [6.45, 7) is 0. The zero-order chi connectivity index (χ0) is 49.0. The summed E-state index contributed by atoms with van der Waals surface area (Å²) in [5.41, 5.74) is 22.2. The fourth-order valence-corrected chi connectivity index (χ4v) is 11.4. The molecule has 2 unspecified atom stereocenters. The average Bonchev–Trinajstić information content (AvgIpc) is 3.99. The van der Waals surface area contributed by atoms with Gasteiger partial charge in [0.2, 0.25) is 0 Å². The molecule has 0 saturated carbocycles. The maximum atomic E-state index is 5.59. The van der Waals surface area contributed by atoms with Crippen LogP contribution in [0.15, 0.2) is 285 Å². The van der Waals surface area contributed by atoms with E-state index in [0.717, 1.165) is 39.2 Å². The summed E-state index contributed by atoms with van der Waals surface area (Å²) in [4.78, 5) is 8.11. The number of pyridine rings is 1. The smallest absolute Gasteiger partial charge is 0.138 e. The third kappa shape index (κ3) is 7.74. The average molecular weight is 944 g/mol. The van der Waals surface area contributed by atoms with E-state index < -0.39 is 0 Å². The lowest BCUT2D eigenvalue weighted by Gasteiger charge is -2.29. The van der Waals surface area contributed by atoms with Gasteiger partial charge in [-0.25, -0.2) is 4.98 Å². The fraction of sp³-hybridized carbons (Fsp3) is 0.0282. The molecule has 0 bridgehead atoms. The Morgan fingerprint density at radius 2 is 0.770 bits per heavy atom. The van der Waals surface area contributed by atoms with E-state index in [9.17, 15) is 0 Å². The molecule has 0 amide bonds. The Balaban J connectivity index is 0.928. The van der Waals surface area contributed by atoms with Gasteiger partial charge in [0.15, 0.2) is 0 Å². The number of nitrogens with zero attached hydrogens (tertiary/aromatic N) is 3. The van der Waals surface area contributed by atoms with Crippen LogP contribution in [0.25, 0.3) is 100 Å². The second-order valence-electron chi connectivity index (χ2n) is 19.5. The number of rotatable bonds is 9. The number of allylic oxidation sites excluding steroid dienone is 2. The monoisotopic (exact) mass is 943 g/mol. The Labute approximate surface area is 432 Å². The highest BCUT2D eigenvalue weighted by molar-refractivity contribution is 6.11. The van der Waals surface area contributed by atoms with Crippen LogP contribution in [0.5, 0.6) is 0 Å². The van der Waals surface area contributed by atoms with E-state index in [1.807, 2.05) is 0 Å². The number of aromatic nitrogens is 2. The number of benzene rings is 10.